The molecule has 1 aromatic heterocycles. The van der Waals surface area contributed by atoms with E-state index in [-0.39, 0.29) is 24.6 Å². The van der Waals surface area contributed by atoms with Crippen LogP contribution in [0.15, 0.2) is 48.8 Å². The third-order valence-electron chi connectivity index (χ3n) is 4.29. The van der Waals surface area contributed by atoms with E-state index in [1.807, 2.05) is 12.1 Å². The first kappa shape index (κ1) is 19.0. The lowest BCUT2D eigenvalue weighted by Gasteiger charge is -2.28. The lowest BCUT2D eigenvalue weighted by Crippen LogP contribution is -2.46. The standard InChI is InChI=1S/C19H23FN2O3/c1-19(25-2,16-7-3-4-8-17(16)20)18(24)22-12-15(13-23)10-14-6-5-9-21-11-14/h3-9,11,15,23H,10,12-13H2,1-2H3,(H,22,24)/t15-,19-/m0/s1. The molecule has 134 valence electrons. The number of carbonyl (C=O) groups is 1. The quantitative estimate of drug-likeness (QED) is 0.767. The number of amides is 1. The molecule has 1 heterocycles. The molecule has 1 amide bonds. The molecule has 2 atom stereocenters. The summed E-state index contributed by atoms with van der Waals surface area (Å²) in [5.41, 5.74) is -0.304. The monoisotopic (exact) mass is 346 g/mol. The minimum atomic E-state index is -1.44. The van der Waals surface area contributed by atoms with Crippen LogP contribution in [-0.2, 0) is 21.6 Å². The Morgan fingerprint density at radius 2 is 2.12 bits per heavy atom. The smallest absolute Gasteiger partial charge is 0.256 e. The molecule has 6 heteroatoms. The second-order valence-electron chi connectivity index (χ2n) is 6.04. The van der Waals surface area contributed by atoms with Crippen molar-refractivity contribution in [1.82, 2.24) is 10.3 Å². The number of nitrogens with zero attached hydrogens (tertiary/aromatic N) is 1. The van der Waals surface area contributed by atoms with Gasteiger partial charge in [0, 0.05) is 44.1 Å². The Balaban J connectivity index is 2.05. The Hall–Kier alpha value is -2.31. The fourth-order valence-electron chi connectivity index (χ4n) is 2.63. The summed E-state index contributed by atoms with van der Waals surface area (Å²) in [4.78, 5) is 16.7. The zero-order chi connectivity index (χ0) is 18.3. The van der Waals surface area contributed by atoms with Crippen LogP contribution in [0.1, 0.15) is 18.1 Å². The highest BCUT2D eigenvalue weighted by Crippen LogP contribution is 2.27. The molecule has 0 radical (unpaired) electrons. The molecule has 0 fully saturated rings. The van der Waals surface area contributed by atoms with Gasteiger partial charge in [-0.1, -0.05) is 24.3 Å². The van der Waals surface area contributed by atoms with Crippen molar-refractivity contribution in [3.8, 4) is 0 Å². The van der Waals surface area contributed by atoms with E-state index in [0.29, 0.717) is 6.42 Å². The number of halogens is 1. The lowest BCUT2D eigenvalue weighted by atomic mass is 9.93. The van der Waals surface area contributed by atoms with Crippen LogP contribution in [0, 0.1) is 11.7 Å². The molecule has 2 aromatic rings. The number of benzene rings is 1. The number of nitrogens with one attached hydrogen (secondary N) is 1. The first-order valence-electron chi connectivity index (χ1n) is 8.09. The lowest BCUT2D eigenvalue weighted by molar-refractivity contribution is -0.143. The first-order chi connectivity index (χ1) is 12.0. The molecule has 0 aliphatic rings. The summed E-state index contributed by atoms with van der Waals surface area (Å²) in [6.45, 7) is 1.69. The molecule has 5 nitrogen and oxygen atoms in total. The number of hydrogen-bond acceptors (Lipinski definition) is 4. The van der Waals surface area contributed by atoms with Crippen LogP contribution >= 0.6 is 0 Å². The van der Waals surface area contributed by atoms with E-state index in [1.54, 1.807) is 24.5 Å². The molecule has 1 aromatic carbocycles. The number of hydrogen-bond donors (Lipinski definition) is 2. The van der Waals surface area contributed by atoms with Gasteiger partial charge >= 0.3 is 0 Å². The largest absolute Gasteiger partial charge is 0.396 e. The van der Waals surface area contributed by atoms with Gasteiger partial charge in [-0.15, -0.1) is 0 Å². The van der Waals surface area contributed by atoms with Crippen molar-refractivity contribution in [2.75, 3.05) is 20.3 Å². The van der Waals surface area contributed by atoms with Gasteiger partial charge in [-0.05, 0) is 31.0 Å². The zero-order valence-corrected chi connectivity index (χ0v) is 14.4. The molecule has 0 aliphatic carbocycles. The maximum Gasteiger partial charge on any atom is 0.256 e. The molecular weight excluding hydrogens is 323 g/mol. The minimum absolute atomic E-state index is 0.0848. The van der Waals surface area contributed by atoms with Crippen LogP contribution in [0.25, 0.3) is 0 Å². The summed E-state index contributed by atoms with van der Waals surface area (Å²) in [5, 5.41) is 12.3. The van der Waals surface area contributed by atoms with E-state index < -0.39 is 17.3 Å². The van der Waals surface area contributed by atoms with Crippen molar-refractivity contribution in [2.45, 2.75) is 18.9 Å². The molecule has 0 saturated carbocycles. The third-order valence-corrected chi connectivity index (χ3v) is 4.29. The minimum Gasteiger partial charge on any atom is -0.396 e. The Morgan fingerprint density at radius 3 is 2.72 bits per heavy atom. The first-order valence-corrected chi connectivity index (χ1v) is 8.09. The van der Waals surface area contributed by atoms with Gasteiger partial charge in [-0.3, -0.25) is 9.78 Å². The van der Waals surface area contributed by atoms with E-state index >= 15 is 0 Å². The van der Waals surface area contributed by atoms with Gasteiger partial charge < -0.3 is 15.2 Å². The molecule has 0 aliphatic heterocycles. The van der Waals surface area contributed by atoms with Crippen molar-refractivity contribution in [1.29, 1.82) is 0 Å². The normalized spacial score (nSPS) is 14.6. The van der Waals surface area contributed by atoms with Gasteiger partial charge in [0.15, 0.2) is 5.60 Å². The number of aromatic nitrogens is 1. The highest BCUT2D eigenvalue weighted by Gasteiger charge is 2.37. The summed E-state index contributed by atoms with van der Waals surface area (Å²) in [6, 6.07) is 9.76. The average Bonchev–Trinajstić information content (AvgIpc) is 2.65. The van der Waals surface area contributed by atoms with Crippen molar-refractivity contribution in [3.05, 3.63) is 65.7 Å². The molecular formula is C19H23FN2O3. The van der Waals surface area contributed by atoms with E-state index in [9.17, 15) is 14.3 Å². The van der Waals surface area contributed by atoms with Crippen LogP contribution < -0.4 is 5.32 Å². The van der Waals surface area contributed by atoms with Gasteiger partial charge in [-0.2, -0.15) is 0 Å². The van der Waals surface area contributed by atoms with Crippen LogP contribution in [0.4, 0.5) is 4.39 Å². The van der Waals surface area contributed by atoms with E-state index in [0.717, 1.165) is 5.56 Å². The number of aliphatic hydroxyl groups excluding tert-OH is 1. The Kier molecular flexibility index (Phi) is 6.61. The fourth-order valence-corrected chi connectivity index (χ4v) is 2.63. The van der Waals surface area contributed by atoms with Gasteiger partial charge in [0.2, 0.25) is 0 Å². The molecule has 0 bridgehead atoms. The number of ether oxygens (including phenoxy) is 1. The van der Waals surface area contributed by atoms with Gasteiger partial charge in [0.1, 0.15) is 5.82 Å². The van der Waals surface area contributed by atoms with Gasteiger partial charge in [-0.25, -0.2) is 4.39 Å². The maximum atomic E-state index is 14.1. The Bertz CT molecular complexity index is 696. The van der Waals surface area contributed by atoms with Crippen molar-refractivity contribution >= 4 is 5.91 Å². The summed E-state index contributed by atoms with van der Waals surface area (Å²) in [7, 11) is 1.37. The highest BCUT2D eigenvalue weighted by molar-refractivity contribution is 5.86. The molecule has 25 heavy (non-hydrogen) atoms. The summed E-state index contributed by atoms with van der Waals surface area (Å²) < 4.78 is 19.4. The number of rotatable bonds is 8. The fraction of sp³-hybridized carbons (Fsp3) is 0.368. The van der Waals surface area contributed by atoms with Crippen molar-refractivity contribution in [2.24, 2.45) is 5.92 Å². The summed E-state index contributed by atoms with van der Waals surface area (Å²) in [5.74, 6) is -1.13. The maximum absolute atomic E-state index is 14.1. The Labute approximate surface area is 146 Å². The van der Waals surface area contributed by atoms with Crippen LogP contribution in [-0.4, -0.2) is 36.3 Å². The predicted molar refractivity (Wildman–Crippen MR) is 92.3 cm³/mol. The summed E-state index contributed by atoms with van der Waals surface area (Å²) >= 11 is 0. The third kappa shape index (κ3) is 4.61. The molecule has 0 unspecified atom stereocenters. The second kappa shape index (κ2) is 8.69. The van der Waals surface area contributed by atoms with E-state index in [2.05, 4.69) is 10.3 Å². The number of carbonyl (C=O) groups excluding carboxylic acids is 1. The highest BCUT2D eigenvalue weighted by atomic mass is 19.1. The van der Waals surface area contributed by atoms with Crippen molar-refractivity contribution < 1.29 is 19.0 Å². The van der Waals surface area contributed by atoms with Crippen LogP contribution in [0.5, 0.6) is 0 Å². The van der Waals surface area contributed by atoms with Crippen LogP contribution in [0.3, 0.4) is 0 Å². The average molecular weight is 346 g/mol. The second-order valence-corrected chi connectivity index (χ2v) is 6.04. The topological polar surface area (TPSA) is 71.5 Å². The number of methoxy groups -OCH3 is 1. The molecule has 2 N–H and O–H groups in total. The Morgan fingerprint density at radius 1 is 1.36 bits per heavy atom. The molecule has 0 saturated heterocycles. The number of pyridine rings is 1. The van der Waals surface area contributed by atoms with E-state index in [1.165, 1.54) is 26.2 Å². The van der Waals surface area contributed by atoms with Gasteiger partial charge in [0.05, 0.1) is 0 Å². The van der Waals surface area contributed by atoms with Crippen LogP contribution in [0.2, 0.25) is 0 Å². The van der Waals surface area contributed by atoms with E-state index in [4.69, 9.17) is 4.74 Å². The summed E-state index contributed by atoms with van der Waals surface area (Å²) in [6.07, 6.45) is 3.98. The van der Waals surface area contributed by atoms with Gasteiger partial charge in [0.25, 0.3) is 5.91 Å². The molecule has 2 rings (SSSR count). The zero-order valence-electron chi connectivity index (χ0n) is 14.4. The van der Waals surface area contributed by atoms with Crippen molar-refractivity contribution in [3.63, 3.8) is 0 Å². The predicted octanol–water partition coefficient (Wildman–Crippen LogP) is 2.05. The number of aliphatic hydroxyl groups is 1. The SMILES string of the molecule is CO[C@](C)(C(=O)NC[C@@H](CO)Cc1cccnc1)c1ccccc1F. The molecule has 0 spiro atoms.